The molecule has 1 fully saturated rings. The summed E-state index contributed by atoms with van der Waals surface area (Å²) in [4.78, 5) is 0. The fraction of sp³-hybridized carbons (Fsp3) is 1.00. The highest BCUT2D eigenvalue weighted by Gasteiger charge is 2.12. The van der Waals surface area contributed by atoms with Crippen molar-refractivity contribution in [1.29, 1.82) is 0 Å². The van der Waals surface area contributed by atoms with Crippen molar-refractivity contribution in [1.82, 2.24) is 5.32 Å². The number of hydrogen-bond acceptors (Lipinski definition) is 3. The van der Waals surface area contributed by atoms with Crippen LogP contribution in [0.3, 0.4) is 0 Å². The molecule has 10 heavy (non-hydrogen) atoms. The highest BCUT2D eigenvalue weighted by atomic mass is 32.2. The Balaban J connectivity index is 2.12. The zero-order valence-electron chi connectivity index (χ0n) is 5.88. The minimum absolute atomic E-state index is 0.340. The van der Waals surface area contributed by atoms with E-state index in [1.165, 1.54) is 6.42 Å². The van der Waals surface area contributed by atoms with E-state index in [1.54, 1.807) is 0 Å². The van der Waals surface area contributed by atoms with E-state index in [1.807, 2.05) is 0 Å². The third-order valence-corrected chi connectivity index (χ3v) is 2.45. The van der Waals surface area contributed by atoms with Crippen LogP contribution < -0.4 is 5.32 Å². The van der Waals surface area contributed by atoms with Crippen LogP contribution in [0.1, 0.15) is 19.3 Å². The molecule has 0 unspecified atom stereocenters. The lowest BCUT2D eigenvalue weighted by atomic mass is 10.2. The molecule has 0 bridgehead atoms. The van der Waals surface area contributed by atoms with E-state index in [9.17, 15) is 8.42 Å². The van der Waals surface area contributed by atoms with Crippen LogP contribution >= 0.6 is 0 Å². The van der Waals surface area contributed by atoms with Crippen molar-refractivity contribution in [2.45, 2.75) is 25.3 Å². The highest BCUT2D eigenvalue weighted by Crippen LogP contribution is 2.07. The van der Waals surface area contributed by atoms with Crippen LogP contribution in [0.5, 0.6) is 0 Å². The molecule has 60 valence electrons. The fourth-order valence-corrected chi connectivity index (χ4v) is 1.79. The van der Waals surface area contributed by atoms with E-state index in [-0.39, 0.29) is 0 Å². The Bertz CT molecular complexity index is 153. The van der Waals surface area contributed by atoms with Gasteiger partial charge >= 0.3 is 0 Å². The average Bonchev–Trinajstić information content (AvgIpc) is 2.34. The van der Waals surface area contributed by atoms with Crippen molar-refractivity contribution in [2.24, 2.45) is 0 Å². The molecule has 0 spiro atoms. The minimum atomic E-state index is -2.16. The van der Waals surface area contributed by atoms with E-state index in [0.29, 0.717) is 11.8 Å². The first-order valence-electron chi connectivity index (χ1n) is 3.64. The third kappa shape index (κ3) is 2.66. The van der Waals surface area contributed by atoms with Crippen molar-refractivity contribution < 1.29 is 8.42 Å². The summed E-state index contributed by atoms with van der Waals surface area (Å²) in [7, 11) is -2.16. The summed E-state index contributed by atoms with van der Waals surface area (Å²) in [5.74, 6) is 0.340. The second kappa shape index (κ2) is 3.93. The first-order valence-corrected chi connectivity index (χ1v) is 5.00. The van der Waals surface area contributed by atoms with Gasteiger partial charge in [-0.25, -0.2) is 8.42 Å². The first kappa shape index (κ1) is 8.01. The lowest BCUT2D eigenvalue weighted by molar-refractivity contribution is 0.572. The van der Waals surface area contributed by atoms with Crippen LogP contribution in [-0.4, -0.2) is 26.8 Å². The standard InChI is InChI=1S/C6H13NO2S/c8-10(9)5-3-6-2-1-4-7-6/h6-7,10H,1-5H2/t6-/m1/s1. The fourth-order valence-electron chi connectivity index (χ4n) is 1.26. The van der Waals surface area contributed by atoms with Gasteiger partial charge < -0.3 is 5.32 Å². The molecule has 1 heterocycles. The SMILES string of the molecule is O=[SH](=O)CC[C@H]1CCCN1. The Morgan fingerprint density at radius 2 is 2.30 bits per heavy atom. The molecule has 0 radical (unpaired) electrons. The van der Waals surface area contributed by atoms with Gasteiger partial charge in [-0.05, 0) is 25.8 Å². The van der Waals surface area contributed by atoms with Crippen molar-refractivity contribution in [3.8, 4) is 0 Å². The summed E-state index contributed by atoms with van der Waals surface area (Å²) in [6, 6.07) is 0.466. The summed E-state index contributed by atoms with van der Waals surface area (Å²) in [6.45, 7) is 1.06. The van der Waals surface area contributed by atoms with E-state index in [4.69, 9.17) is 0 Å². The maximum absolute atomic E-state index is 10.2. The largest absolute Gasteiger partial charge is 0.314 e. The van der Waals surface area contributed by atoms with Gasteiger partial charge in [0.2, 0.25) is 0 Å². The van der Waals surface area contributed by atoms with Crippen molar-refractivity contribution in [3.63, 3.8) is 0 Å². The second-order valence-electron chi connectivity index (χ2n) is 2.64. The van der Waals surface area contributed by atoms with Crippen LogP contribution in [0.15, 0.2) is 0 Å². The van der Waals surface area contributed by atoms with Crippen LogP contribution in [0.2, 0.25) is 0 Å². The van der Waals surface area contributed by atoms with Crippen molar-refractivity contribution >= 4 is 10.7 Å². The van der Waals surface area contributed by atoms with Gasteiger partial charge in [0.15, 0.2) is 0 Å². The van der Waals surface area contributed by atoms with E-state index < -0.39 is 10.7 Å². The highest BCUT2D eigenvalue weighted by molar-refractivity contribution is 7.72. The quantitative estimate of drug-likeness (QED) is 0.563. The number of hydrogen-bond donors (Lipinski definition) is 2. The summed E-state index contributed by atoms with van der Waals surface area (Å²) in [6.07, 6.45) is 3.13. The van der Waals surface area contributed by atoms with Gasteiger partial charge in [0.1, 0.15) is 10.7 Å². The van der Waals surface area contributed by atoms with Gasteiger partial charge in [0, 0.05) is 11.8 Å². The summed E-state index contributed by atoms with van der Waals surface area (Å²) in [5.41, 5.74) is 0. The predicted molar refractivity (Wildman–Crippen MR) is 40.8 cm³/mol. The predicted octanol–water partition coefficient (Wildman–Crippen LogP) is -0.260. The number of nitrogens with one attached hydrogen (secondary N) is 1. The zero-order valence-corrected chi connectivity index (χ0v) is 6.77. The van der Waals surface area contributed by atoms with Crippen LogP contribution in [0.4, 0.5) is 0 Å². The molecular formula is C6H13NO2S. The Morgan fingerprint density at radius 1 is 1.50 bits per heavy atom. The monoisotopic (exact) mass is 163 g/mol. The minimum Gasteiger partial charge on any atom is -0.314 e. The molecule has 0 amide bonds. The van der Waals surface area contributed by atoms with Crippen molar-refractivity contribution in [3.05, 3.63) is 0 Å². The van der Waals surface area contributed by atoms with Crippen LogP contribution in [0.25, 0.3) is 0 Å². The summed E-state index contributed by atoms with van der Waals surface area (Å²) in [5, 5.41) is 3.24. The maximum Gasteiger partial charge on any atom is 0.140 e. The Hall–Kier alpha value is -0.0900. The van der Waals surface area contributed by atoms with Gasteiger partial charge in [-0.1, -0.05) is 0 Å². The molecule has 1 atom stereocenters. The van der Waals surface area contributed by atoms with Gasteiger partial charge in [-0.15, -0.1) is 0 Å². The molecule has 1 aliphatic heterocycles. The molecule has 4 heteroatoms. The molecule has 0 saturated carbocycles. The van der Waals surface area contributed by atoms with Crippen LogP contribution in [0, 0.1) is 0 Å². The second-order valence-corrected chi connectivity index (χ2v) is 3.75. The molecule has 0 aromatic heterocycles. The molecule has 1 rings (SSSR count). The molecule has 1 saturated heterocycles. The third-order valence-electron chi connectivity index (χ3n) is 1.82. The number of rotatable bonds is 3. The average molecular weight is 163 g/mol. The molecular weight excluding hydrogens is 150 g/mol. The van der Waals surface area contributed by atoms with Gasteiger partial charge in [-0.2, -0.15) is 0 Å². The molecule has 0 aliphatic carbocycles. The summed E-state index contributed by atoms with van der Waals surface area (Å²) >= 11 is 0. The normalized spacial score (nSPS) is 25.9. The van der Waals surface area contributed by atoms with Crippen molar-refractivity contribution in [2.75, 3.05) is 12.3 Å². The molecule has 0 aromatic rings. The Labute approximate surface area is 62.8 Å². The van der Waals surface area contributed by atoms with E-state index >= 15 is 0 Å². The Kier molecular flexibility index (Phi) is 3.15. The molecule has 3 nitrogen and oxygen atoms in total. The maximum atomic E-state index is 10.2. The lowest BCUT2D eigenvalue weighted by Gasteiger charge is -2.05. The van der Waals surface area contributed by atoms with Crippen LogP contribution in [-0.2, 0) is 10.7 Å². The summed E-state index contributed by atoms with van der Waals surface area (Å²) < 4.78 is 20.3. The lowest BCUT2D eigenvalue weighted by Crippen LogP contribution is -2.22. The van der Waals surface area contributed by atoms with E-state index in [2.05, 4.69) is 5.32 Å². The number of thiol groups is 1. The Morgan fingerprint density at radius 3 is 2.80 bits per heavy atom. The van der Waals surface area contributed by atoms with E-state index in [0.717, 1.165) is 19.4 Å². The van der Waals surface area contributed by atoms with Gasteiger partial charge in [-0.3, -0.25) is 0 Å². The smallest absolute Gasteiger partial charge is 0.140 e. The van der Waals surface area contributed by atoms with Gasteiger partial charge in [0.25, 0.3) is 0 Å². The molecule has 0 aromatic carbocycles. The van der Waals surface area contributed by atoms with Gasteiger partial charge in [0.05, 0.1) is 0 Å². The topological polar surface area (TPSA) is 46.2 Å². The zero-order chi connectivity index (χ0) is 7.40. The molecule has 1 N–H and O–H groups in total. The first-order chi connectivity index (χ1) is 4.79. The molecule has 1 aliphatic rings.